The van der Waals surface area contributed by atoms with E-state index in [0.717, 1.165) is 0 Å². The van der Waals surface area contributed by atoms with E-state index in [1.807, 2.05) is 23.1 Å². The molecule has 0 unspecified atom stereocenters. The van der Waals surface area contributed by atoms with Gasteiger partial charge in [0.2, 0.25) is 0 Å². The first-order valence-corrected chi connectivity index (χ1v) is 18.0. The fourth-order valence-electron chi connectivity index (χ4n) is 8.13. The lowest BCUT2D eigenvalue weighted by atomic mass is 9.59. The van der Waals surface area contributed by atoms with Crippen LogP contribution in [-0.2, 0) is 0 Å². The Hall–Kier alpha value is -5.30. The topological polar surface area (TPSA) is 13.0 Å². The molecule has 0 N–H and O–H groups in total. The molecule has 11 rings (SSSR count). The number of thiophene rings is 1. The van der Waals surface area contributed by atoms with E-state index in [4.69, 9.17) is 0 Å². The van der Waals surface area contributed by atoms with Crippen LogP contribution in [0.3, 0.4) is 0 Å². The molecule has 6 aromatic carbocycles. The van der Waals surface area contributed by atoms with E-state index in [0.29, 0.717) is 0 Å². The molecular formula is C40H26B2N4S2. The lowest BCUT2D eigenvalue weighted by Crippen LogP contribution is -2.55. The second-order valence-corrected chi connectivity index (χ2v) is 14.6. The van der Waals surface area contributed by atoms with E-state index in [9.17, 15) is 0 Å². The average molecular weight is 648 g/mol. The highest BCUT2D eigenvalue weighted by Gasteiger charge is 2.56. The molecular weight excluding hydrogens is 622 g/mol. The average Bonchev–Trinajstić information content (AvgIpc) is 3.76. The molecule has 5 heterocycles. The van der Waals surface area contributed by atoms with Crippen LogP contribution in [0.1, 0.15) is 0 Å². The van der Waals surface area contributed by atoms with Crippen molar-refractivity contribution in [3.63, 3.8) is 0 Å². The summed E-state index contributed by atoms with van der Waals surface area (Å²) < 4.78 is 0. The highest BCUT2D eigenvalue weighted by atomic mass is 32.2. The van der Waals surface area contributed by atoms with Crippen LogP contribution in [0.5, 0.6) is 0 Å². The van der Waals surface area contributed by atoms with Crippen molar-refractivity contribution in [2.24, 2.45) is 0 Å². The van der Waals surface area contributed by atoms with Gasteiger partial charge in [-0.25, -0.2) is 0 Å². The minimum Gasteiger partial charge on any atom is -0.357 e. The summed E-state index contributed by atoms with van der Waals surface area (Å²) in [6, 6.07) is 57.8. The summed E-state index contributed by atoms with van der Waals surface area (Å²) in [7, 11) is 0. The summed E-state index contributed by atoms with van der Waals surface area (Å²) in [5.41, 5.74) is 12.6. The molecule has 4 aliphatic rings. The number of rotatable bonds is 2. The quantitative estimate of drug-likeness (QED) is 0.173. The molecule has 0 atom stereocenters. The summed E-state index contributed by atoms with van der Waals surface area (Å²) >= 11 is 3.80. The summed E-state index contributed by atoms with van der Waals surface area (Å²) in [4.78, 5) is 13.0. The maximum Gasteiger partial charge on any atom is 0.422 e. The molecule has 0 aliphatic carbocycles. The van der Waals surface area contributed by atoms with E-state index in [1.165, 1.54) is 76.0 Å². The van der Waals surface area contributed by atoms with E-state index in [1.54, 1.807) is 0 Å². The monoisotopic (exact) mass is 648 g/mol. The molecule has 0 saturated carbocycles. The maximum absolute atomic E-state index is 2.61. The predicted octanol–water partition coefficient (Wildman–Crippen LogP) is 9.56. The smallest absolute Gasteiger partial charge is 0.357 e. The zero-order valence-electron chi connectivity index (χ0n) is 25.8. The van der Waals surface area contributed by atoms with Crippen LogP contribution in [-0.4, -0.2) is 14.0 Å². The summed E-state index contributed by atoms with van der Waals surface area (Å²) in [5.74, 6) is 0. The molecule has 48 heavy (non-hydrogen) atoms. The molecule has 4 aliphatic heterocycles. The summed E-state index contributed by atoms with van der Waals surface area (Å²) in [6.07, 6.45) is 0. The van der Waals surface area contributed by atoms with Crippen LogP contribution < -0.4 is 30.2 Å². The van der Waals surface area contributed by atoms with Gasteiger partial charge in [-0.15, -0.1) is 0 Å². The van der Waals surface area contributed by atoms with E-state index in [2.05, 4.69) is 177 Å². The number of hydrogen-bond donors (Lipinski definition) is 0. The number of anilines is 8. The fourth-order valence-corrected chi connectivity index (χ4v) is 10.6. The highest BCUT2D eigenvalue weighted by molar-refractivity contribution is 7.99. The Morgan fingerprint density at radius 3 is 1.54 bits per heavy atom. The minimum absolute atomic E-state index is 0.0155. The third kappa shape index (κ3) is 3.54. The molecule has 1 aromatic heterocycles. The van der Waals surface area contributed by atoms with Crippen molar-refractivity contribution in [1.82, 2.24) is 0 Å². The molecule has 0 spiro atoms. The minimum atomic E-state index is -0.0406. The van der Waals surface area contributed by atoms with Gasteiger partial charge in [-0.1, -0.05) is 132 Å². The Kier molecular flexibility index (Phi) is 5.63. The highest BCUT2D eigenvalue weighted by Crippen LogP contribution is 2.66. The fraction of sp³-hybridized carbons (Fsp3) is 0. The van der Waals surface area contributed by atoms with Crippen molar-refractivity contribution in [3.8, 4) is 11.1 Å². The molecule has 0 fully saturated rings. The van der Waals surface area contributed by atoms with E-state index < -0.39 is 0 Å². The molecule has 0 bridgehead atoms. The summed E-state index contributed by atoms with van der Waals surface area (Å²) in [5, 5.41) is 2.55. The maximum atomic E-state index is 2.61. The molecule has 8 heteroatoms. The van der Waals surface area contributed by atoms with Gasteiger partial charge in [0.15, 0.2) is 0 Å². The van der Waals surface area contributed by atoms with Crippen LogP contribution in [0.4, 0.5) is 44.1 Å². The molecule has 0 radical (unpaired) electrons. The lowest BCUT2D eigenvalue weighted by molar-refractivity contribution is 1.34. The normalized spacial score (nSPS) is 14.8. The zero-order chi connectivity index (χ0) is 31.3. The van der Waals surface area contributed by atoms with Crippen LogP contribution in [0.15, 0.2) is 168 Å². The van der Waals surface area contributed by atoms with E-state index in [-0.39, 0.29) is 14.0 Å². The number of para-hydroxylation sites is 4. The van der Waals surface area contributed by atoms with Crippen molar-refractivity contribution in [2.75, 3.05) is 19.2 Å². The van der Waals surface area contributed by atoms with Gasteiger partial charge in [0.05, 0.1) is 11.4 Å². The first-order valence-electron chi connectivity index (χ1n) is 16.3. The van der Waals surface area contributed by atoms with Crippen molar-refractivity contribution in [2.45, 2.75) is 9.79 Å². The molecule has 7 aromatic rings. The Morgan fingerprint density at radius 2 is 0.854 bits per heavy atom. The Balaban J connectivity index is 1.26. The van der Waals surface area contributed by atoms with Gasteiger partial charge in [0.25, 0.3) is 0 Å². The second-order valence-electron chi connectivity index (χ2n) is 12.5. The summed E-state index contributed by atoms with van der Waals surface area (Å²) in [6.45, 7) is -0.0562. The number of nitrogens with zero attached hydrogens (tertiary/aromatic N) is 4. The number of benzene rings is 6. The van der Waals surface area contributed by atoms with Gasteiger partial charge in [-0.2, -0.15) is 0 Å². The Morgan fingerprint density at radius 1 is 0.375 bits per heavy atom. The van der Waals surface area contributed by atoms with Crippen molar-refractivity contribution in [1.29, 1.82) is 0 Å². The third-order valence-electron chi connectivity index (χ3n) is 10.0. The molecule has 0 amide bonds. The van der Waals surface area contributed by atoms with Crippen molar-refractivity contribution >= 4 is 92.1 Å². The SMILES string of the molecule is c1ccc(N2B3c4ccccc4Sc4ccccc4N3c3sc4c(c32)N(c2ccccc2)B2c3ccccc3-c3ccccc3N24)cc1. The third-order valence-corrected chi connectivity index (χ3v) is 12.3. The first-order chi connectivity index (χ1) is 23.9. The van der Waals surface area contributed by atoms with Crippen LogP contribution in [0, 0.1) is 0 Å². The van der Waals surface area contributed by atoms with Gasteiger partial charge in [0, 0.05) is 38.1 Å². The predicted molar refractivity (Wildman–Crippen MR) is 205 cm³/mol. The molecule has 224 valence electrons. The molecule has 4 nitrogen and oxygen atoms in total. The Bertz CT molecular complexity index is 2400. The van der Waals surface area contributed by atoms with Crippen molar-refractivity contribution < 1.29 is 0 Å². The lowest BCUT2D eigenvalue weighted by Gasteiger charge is -2.36. The number of hydrogen-bond acceptors (Lipinski definition) is 6. The van der Waals surface area contributed by atoms with Gasteiger partial charge < -0.3 is 19.2 Å². The van der Waals surface area contributed by atoms with Gasteiger partial charge >= 0.3 is 14.0 Å². The van der Waals surface area contributed by atoms with Crippen molar-refractivity contribution in [3.05, 3.63) is 158 Å². The zero-order valence-corrected chi connectivity index (χ0v) is 27.4. The second kappa shape index (κ2) is 10.1. The van der Waals surface area contributed by atoms with E-state index >= 15 is 0 Å². The first kappa shape index (κ1) is 26.7. The van der Waals surface area contributed by atoms with Gasteiger partial charge in [-0.05, 0) is 65.0 Å². The number of fused-ring (bicyclic) bond motifs is 16. The van der Waals surface area contributed by atoms with Crippen LogP contribution >= 0.6 is 23.1 Å². The van der Waals surface area contributed by atoms with Gasteiger partial charge in [0.1, 0.15) is 10.0 Å². The molecule has 0 saturated heterocycles. The standard InChI is InChI=1S/C40H26B2N4S2/c1-3-15-27(16-4-1)43-37-38-40(48-39(37)45-33-23-11-8-20-30(33)29-19-7-9-21-31(29)41(43)45)46-34-24-12-14-26-36(34)47-35-25-13-10-22-32(35)42(46)44(38)28-17-5-2-6-18-28/h1-26H. The van der Waals surface area contributed by atoms with Gasteiger partial charge in [-0.3, -0.25) is 0 Å². The largest absolute Gasteiger partial charge is 0.422 e. The van der Waals surface area contributed by atoms with Crippen LogP contribution in [0.2, 0.25) is 0 Å². The van der Waals surface area contributed by atoms with Crippen LogP contribution in [0.25, 0.3) is 11.1 Å². The Labute approximate surface area is 288 Å².